The summed E-state index contributed by atoms with van der Waals surface area (Å²) in [4.78, 5) is 41.0. The van der Waals surface area contributed by atoms with Gasteiger partial charge in [0.1, 0.15) is 0 Å². The Balaban J connectivity index is 0. The zero-order valence-corrected chi connectivity index (χ0v) is 15.8. The average Bonchev–Trinajstić information content (AvgIpc) is 2.54. The van der Waals surface area contributed by atoms with Crippen LogP contribution < -0.4 is 0 Å². The van der Waals surface area contributed by atoms with Crippen molar-refractivity contribution >= 4 is 23.9 Å². The summed E-state index contributed by atoms with van der Waals surface area (Å²) >= 11 is 0. The molecule has 0 saturated carbocycles. The zero-order valence-electron chi connectivity index (χ0n) is 15.8. The van der Waals surface area contributed by atoms with Crippen molar-refractivity contribution in [2.24, 2.45) is 5.41 Å². The highest BCUT2D eigenvalue weighted by Gasteiger charge is 2.29. The van der Waals surface area contributed by atoms with Crippen molar-refractivity contribution in [2.75, 3.05) is 0 Å². The number of rotatable bonds is 7. The quantitative estimate of drug-likeness (QED) is 0.366. The molecule has 6 N–H and O–H groups in total. The van der Waals surface area contributed by atoms with Gasteiger partial charge in [0.2, 0.25) is 0 Å². The molecule has 0 aliphatic heterocycles. The van der Waals surface area contributed by atoms with Gasteiger partial charge in [-0.1, -0.05) is 13.3 Å². The molecule has 10 heteroatoms. The van der Waals surface area contributed by atoms with E-state index < -0.39 is 35.6 Å². The van der Waals surface area contributed by atoms with Crippen molar-refractivity contribution in [3.05, 3.63) is 35.4 Å². The lowest BCUT2D eigenvalue weighted by atomic mass is 9.90. The van der Waals surface area contributed by atoms with E-state index in [0.29, 0.717) is 6.42 Å². The van der Waals surface area contributed by atoms with Gasteiger partial charge in [0.15, 0.2) is 6.29 Å². The van der Waals surface area contributed by atoms with Gasteiger partial charge in [0, 0.05) is 0 Å². The Labute approximate surface area is 161 Å². The van der Waals surface area contributed by atoms with Crippen LogP contribution in [0.1, 0.15) is 60.7 Å². The van der Waals surface area contributed by atoms with E-state index in [-0.39, 0.29) is 17.5 Å². The van der Waals surface area contributed by atoms with Crippen LogP contribution >= 0.6 is 0 Å². The molecular weight excluding hydrogens is 376 g/mol. The van der Waals surface area contributed by atoms with Crippen LogP contribution in [0.25, 0.3) is 0 Å². The van der Waals surface area contributed by atoms with Crippen molar-refractivity contribution in [1.82, 2.24) is 0 Å². The number of aliphatic hydroxyl groups is 2. The highest BCUT2D eigenvalue weighted by atomic mass is 16.5. The summed E-state index contributed by atoms with van der Waals surface area (Å²) < 4.78 is 0. The molecule has 10 nitrogen and oxygen atoms in total. The summed E-state index contributed by atoms with van der Waals surface area (Å²) in [5, 5.41) is 49.8. The first-order valence-corrected chi connectivity index (χ1v) is 8.12. The van der Waals surface area contributed by atoms with Gasteiger partial charge in [-0.3, -0.25) is 9.59 Å². The van der Waals surface area contributed by atoms with Crippen molar-refractivity contribution in [1.29, 1.82) is 0 Å². The van der Waals surface area contributed by atoms with Gasteiger partial charge in [-0.15, -0.1) is 0 Å². The fraction of sp³-hybridized carbons (Fsp3) is 0.444. The maximum atomic E-state index is 10.3. The minimum Gasteiger partial charge on any atom is -0.481 e. The molecule has 0 radical (unpaired) electrons. The molecule has 1 aromatic carbocycles. The third-order valence-corrected chi connectivity index (χ3v) is 3.10. The standard InChI is InChI=1S/C8H6O4.C6H10O4.C4H10O2/c9-7(10)5-1-2-6(4-3-5)8(11)12;1-6(2,5(9)10)3-4(7)8;1-2-3-4(5)6/h1-4H,(H,9,10)(H,11,12);3H2,1-2H3,(H,7,8)(H,9,10);4-6H,2-3H2,1H3. The summed E-state index contributed by atoms with van der Waals surface area (Å²) in [6.07, 6.45) is -0.130. The van der Waals surface area contributed by atoms with Crippen LogP contribution in [0.15, 0.2) is 24.3 Å². The first kappa shape index (κ1) is 27.2. The molecule has 0 heterocycles. The molecule has 28 heavy (non-hydrogen) atoms. The number of aromatic carboxylic acids is 2. The van der Waals surface area contributed by atoms with Gasteiger partial charge in [-0.2, -0.15) is 0 Å². The van der Waals surface area contributed by atoms with E-state index in [1.807, 2.05) is 6.92 Å². The van der Waals surface area contributed by atoms with E-state index in [2.05, 4.69) is 0 Å². The minimum atomic E-state index is -1.16. The number of aliphatic hydroxyl groups excluding tert-OH is 1. The number of hydrogen-bond donors (Lipinski definition) is 6. The average molecular weight is 402 g/mol. The van der Waals surface area contributed by atoms with Gasteiger partial charge < -0.3 is 30.6 Å². The minimum absolute atomic E-state index is 0.0833. The molecule has 0 aliphatic carbocycles. The molecule has 158 valence electrons. The van der Waals surface area contributed by atoms with Gasteiger partial charge in [-0.25, -0.2) is 9.59 Å². The van der Waals surface area contributed by atoms with E-state index in [4.69, 9.17) is 30.6 Å². The molecule has 0 aliphatic rings. The summed E-state index contributed by atoms with van der Waals surface area (Å²) in [6, 6.07) is 5.02. The van der Waals surface area contributed by atoms with Crippen molar-refractivity contribution in [2.45, 2.75) is 46.3 Å². The van der Waals surface area contributed by atoms with Gasteiger partial charge in [-0.05, 0) is 44.5 Å². The maximum Gasteiger partial charge on any atom is 0.335 e. The van der Waals surface area contributed by atoms with E-state index in [1.165, 1.54) is 38.1 Å². The summed E-state index contributed by atoms with van der Waals surface area (Å²) in [5.41, 5.74) is -0.994. The van der Waals surface area contributed by atoms with Crippen LogP contribution in [0.3, 0.4) is 0 Å². The molecule has 0 atom stereocenters. The third-order valence-electron chi connectivity index (χ3n) is 3.10. The Kier molecular flexibility index (Phi) is 12.9. The van der Waals surface area contributed by atoms with Crippen LogP contribution in [-0.4, -0.2) is 60.8 Å². The monoisotopic (exact) mass is 402 g/mol. The lowest BCUT2D eigenvalue weighted by molar-refractivity contribution is -0.153. The predicted molar refractivity (Wildman–Crippen MR) is 97.2 cm³/mol. The molecule has 0 saturated heterocycles. The lowest BCUT2D eigenvalue weighted by Crippen LogP contribution is -2.26. The Bertz CT molecular complexity index is 614. The van der Waals surface area contributed by atoms with Crippen LogP contribution in [-0.2, 0) is 9.59 Å². The highest BCUT2D eigenvalue weighted by molar-refractivity contribution is 5.91. The third kappa shape index (κ3) is 13.3. The topological polar surface area (TPSA) is 190 Å². The van der Waals surface area contributed by atoms with Crippen LogP contribution in [0.4, 0.5) is 0 Å². The van der Waals surface area contributed by atoms with Crippen LogP contribution in [0.5, 0.6) is 0 Å². The summed E-state index contributed by atoms with van der Waals surface area (Å²) in [5.74, 6) is -4.30. The fourth-order valence-electron chi connectivity index (χ4n) is 1.47. The highest BCUT2D eigenvalue weighted by Crippen LogP contribution is 2.19. The van der Waals surface area contributed by atoms with E-state index in [9.17, 15) is 19.2 Å². The van der Waals surface area contributed by atoms with E-state index >= 15 is 0 Å². The smallest absolute Gasteiger partial charge is 0.335 e. The molecule has 1 rings (SSSR count). The molecule has 1 aromatic rings. The number of aliphatic carboxylic acids is 2. The fourth-order valence-corrected chi connectivity index (χ4v) is 1.47. The van der Waals surface area contributed by atoms with Crippen LogP contribution in [0, 0.1) is 5.41 Å². The van der Waals surface area contributed by atoms with Gasteiger partial charge in [0.25, 0.3) is 0 Å². The molecule has 0 bridgehead atoms. The van der Waals surface area contributed by atoms with Crippen molar-refractivity contribution in [3.63, 3.8) is 0 Å². The van der Waals surface area contributed by atoms with E-state index in [0.717, 1.165) is 6.42 Å². The summed E-state index contributed by atoms with van der Waals surface area (Å²) in [6.45, 7) is 4.66. The maximum absolute atomic E-state index is 10.3. The molecule has 0 spiro atoms. The second-order valence-electron chi connectivity index (χ2n) is 6.22. The second-order valence-corrected chi connectivity index (χ2v) is 6.22. The molecular formula is C18H26O10. The first-order chi connectivity index (χ1) is 12.7. The molecule has 0 amide bonds. The number of hydrogen-bond acceptors (Lipinski definition) is 6. The normalized spacial score (nSPS) is 10.1. The Morgan fingerprint density at radius 1 is 0.857 bits per heavy atom. The predicted octanol–water partition coefficient (Wildman–Crippen LogP) is 1.75. The van der Waals surface area contributed by atoms with E-state index in [1.54, 1.807) is 0 Å². The largest absolute Gasteiger partial charge is 0.481 e. The molecule has 0 fully saturated rings. The Morgan fingerprint density at radius 3 is 1.32 bits per heavy atom. The Hall–Kier alpha value is -2.98. The zero-order chi connectivity index (χ0) is 22.5. The number of benzene rings is 1. The van der Waals surface area contributed by atoms with Crippen molar-refractivity contribution in [3.8, 4) is 0 Å². The number of carboxylic acids is 4. The SMILES string of the molecule is CC(C)(CC(=O)O)C(=O)O.CCCC(O)O.O=C(O)c1ccc(C(=O)O)cc1. The number of carboxylic acid groups (broad SMARTS) is 4. The summed E-state index contributed by atoms with van der Waals surface area (Å²) in [7, 11) is 0. The van der Waals surface area contributed by atoms with Crippen molar-refractivity contribution < 1.29 is 49.8 Å². The Morgan fingerprint density at radius 2 is 1.21 bits per heavy atom. The van der Waals surface area contributed by atoms with Gasteiger partial charge >= 0.3 is 23.9 Å². The lowest BCUT2D eigenvalue weighted by Gasteiger charge is -2.14. The molecule has 0 aromatic heterocycles. The number of carbonyl (C=O) groups is 4. The van der Waals surface area contributed by atoms with Gasteiger partial charge in [0.05, 0.1) is 23.0 Å². The molecule has 0 unspecified atom stereocenters. The first-order valence-electron chi connectivity index (χ1n) is 8.12. The van der Waals surface area contributed by atoms with Crippen LogP contribution in [0.2, 0.25) is 0 Å². The second kappa shape index (κ2) is 13.2.